The predicted octanol–water partition coefficient (Wildman–Crippen LogP) is 5.23. The van der Waals surface area contributed by atoms with E-state index < -0.39 is 3.12 Å². The van der Waals surface area contributed by atoms with Crippen LogP contribution in [0.5, 0.6) is 0 Å². The molecule has 1 aromatic carbocycles. The summed E-state index contributed by atoms with van der Waals surface area (Å²) in [6.45, 7) is 4.25. The summed E-state index contributed by atoms with van der Waals surface area (Å²) in [7, 11) is 0. The molecular formula is C10H11Cl3S. The molecule has 0 atom stereocenters. The maximum atomic E-state index is 5.74. The minimum Gasteiger partial charge on any atom is -0.0714 e. The quantitative estimate of drug-likeness (QED) is 0.523. The van der Waals surface area contributed by atoms with Crippen molar-refractivity contribution in [2.75, 3.05) is 0 Å². The summed E-state index contributed by atoms with van der Waals surface area (Å²) in [4.78, 5) is 1.03. The molecule has 0 radical (unpaired) electrons. The van der Waals surface area contributed by atoms with E-state index in [1.165, 1.54) is 17.3 Å². The standard InChI is InChI=1S/C10H11Cl3S/c1-7(2)8-5-3-4-6-9(8)14-10(11,12)13/h3-7H,1-2H3. The van der Waals surface area contributed by atoms with Crippen LogP contribution in [0.25, 0.3) is 0 Å². The second kappa shape index (κ2) is 4.98. The molecule has 0 heterocycles. The summed E-state index contributed by atoms with van der Waals surface area (Å²) in [6, 6.07) is 7.98. The zero-order chi connectivity index (χ0) is 10.8. The van der Waals surface area contributed by atoms with Crippen LogP contribution in [0.3, 0.4) is 0 Å². The van der Waals surface area contributed by atoms with Gasteiger partial charge in [0, 0.05) is 4.90 Å². The number of rotatable bonds is 2. The zero-order valence-corrected chi connectivity index (χ0v) is 11.0. The van der Waals surface area contributed by atoms with Crippen LogP contribution in [0.15, 0.2) is 29.2 Å². The van der Waals surface area contributed by atoms with Crippen LogP contribution in [-0.4, -0.2) is 3.12 Å². The van der Waals surface area contributed by atoms with Gasteiger partial charge in [-0.25, -0.2) is 0 Å². The Kier molecular flexibility index (Phi) is 4.45. The van der Waals surface area contributed by atoms with E-state index in [0.29, 0.717) is 5.92 Å². The van der Waals surface area contributed by atoms with Crippen molar-refractivity contribution in [1.29, 1.82) is 0 Å². The van der Waals surface area contributed by atoms with Gasteiger partial charge in [0.05, 0.1) is 0 Å². The summed E-state index contributed by atoms with van der Waals surface area (Å²) in [5, 5.41) is 0. The van der Waals surface area contributed by atoms with E-state index >= 15 is 0 Å². The molecule has 0 aliphatic carbocycles. The second-order valence-corrected chi connectivity index (χ2v) is 7.45. The van der Waals surface area contributed by atoms with Gasteiger partial charge in [0.2, 0.25) is 3.12 Å². The van der Waals surface area contributed by atoms with Gasteiger partial charge in [-0.3, -0.25) is 0 Å². The molecule has 1 rings (SSSR count). The van der Waals surface area contributed by atoms with Crippen molar-refractivity contribution in [2.45, 2.75) is 27.8 Å². The average Bonchev–Trinajstić information content (AvgIpc) is 2.01. The molecule has 0 bridgehead atoms. The maximum absolute atomic E-state index is 5.74. The SMILES string of the molecule is CC(C)c1ccccc1SC(Cl)(Cl)Cl. The summed E-state index contributed by atoms with van der Waals surface area (Å²) >= 11 is 18.5. The number of alkyl halides is 3. The first-order chi connectivity index (χ1) is 6.40. The fourth-order valence-electron chi connectivity index (χ4n) is 1.18. The number of benzene rings is 1. The van der Waals surface area contributed by atoms with Crippen molar-refractivity contribution in [3.63, 3.8) is 0 Å². The van der Waals surface area contributed by atoms with Crippen LogP contribution in [0.1, 0.15) is 25.3 Å². The van der Waals surface area contributed by atoms with Gasteiger partial charge in [0.15, 0.2) is 0 Å². The van der Waals surface area contributed by atoms with E-state index in [2.05, 4.69) is 19.9 Å². The van der Waals surface area contributed by atoms with E-state index in [1.54, 1.807) is 0 Å². The normalized spacial score (nSPS) is 12.1. The third-order valence-electron chi connectivity index (χ3n) is 1.77. The highest BCUT2D eigenvalue weighted by Crippen LogP contribution is 2.45. The lowest BCUT2D eigenvalue weighted by molar-refractivity contribution is 0.842. The Morgan fingerprint density at radius 3 is 2.21 bits per heavy atom. The summed E-state index contributed by atoms with van der Waals surface area (Å²) in [5.41, 5.74) is 1.21. The van der Waals surface area contributed by atoms with Crippen LogP contribution in [0.4, 0.5) is 0 Å². The van der Waals surface area contributed by atoms with Crippen LogP contribution in [0.2, 0.25) is 0 Å². The van der Waals surface area contributed by atoms with E-state index in [4.69, 9.17) is 34.8 Å². The van der Waals surface area contributed by atoms with Crippen molar-refractivity contribution in [3.05, 3.63) is 29.8 Å². The van der Waals surface area contributed by atoms with Gasteiger partial charge in [-0.05, 0) is 17.5 Å². The Bertz CT molecular complexity index is 304. The van der Waals surface area contributed by atoms with Gasteiger partial charge >= 0.3 is 0 Å². The first-order valence-electron chi connectivity index (χ1n) is 4.25. The average molecular weight is 270 g/mol. The van der Waals surface area contributed by atoms with Crippen LogP contribution in [-0.2, 0) is 0 Å². The third-order valence-corrected chi connectivity index (χ3v) is 3.28. The monoisotopic (exact) mass is 268 g/mol. The largest absolute Gasteiger partial charge is 0.241 e. The van der Waals surface area contributed by atoms with Crippen molar-refractivity contribution in [3.8, 4) is 0 Å². The molecule has 0 aromatic heterocycles. The minimum absolute atomic E-state index is 0.436. The molecule has 78 valence electrons. The molecule has 0 saturated carbocycles. The van der Waals surface area contributed by atoms with Crippen molar-refractivity contribution in [1.82, 2.24) is 0 Å². The molecule has 4 heteroatoms. The smallest absolute Gasteiger partial charge is 0.0714 e. The van der Waals surface area contributed by atoms with Gasteiger partial charge in [-0.2, -0.15) is 0 Å². The van der Waals surface area contributed by atoms with Crippen molar-refractivity contribution >= 4 is 46.6 Å². The summed E-state index contributed by atoms with van der Waals surface area (Å²) in [5.74, 6) is 0.436. The van der Waals surface area contributed by atoms with E-state index in [-0.39, 0.29) is 0 Å². The highest BCUT2D eigenvalue weighted by Gasteiger charge is 2.23. The van der Waals surface area contributed by atoms with Gasteiger partial charge in [0.1, 0.15) is 0 Å². The molecule has 0 amide bonds. The van der Waals surface area contributed by atoms with Crippen LogP contribution < -0.4 is 0 Å². The second-order valence-electron chi connectivity index (χ2n) is 3.24. The minimum atomic E-state index is -1.29. The molecule has 0 aliphatic rings. The lowest BCUT2D eigenvalue weighted by Gasteiger charge is -2.15. The molecule has 0 spiro atoms. The Morgan fingerprint density at radius 2 is 1.71 bits per heavy atom. The fraction of sp³-hybridized carbons (Fsp3) is 0.400. The Balaban J connectivity index is 2.96. The van der Waals surface area contributed by atoms with Crippen molar-refractivity contribution < 1.29 is 0 Å². The molecule has 0 unspecified atom stereocenters. The Hall–Kier alpha value is 0.440. The van der Waals surface area contributed by atoms with Crippen molar-refractivity contribution in [2.24, 2.45) is 0 Å². The predicted molar refractivity (Wildman–Crippen MR) is 66.7 cm³/mol. The molecule has 0 nitrogen and oxygen atoms in total. The third kappa shape index (κ3) is 3.90. The van der Waals surface area contributed by atoms with Gasteiger partial charge < -0.3 is 0 Å². The first-order valence-corrected chi connectivity index (χ1v) is 6.20. The number of hydrogen-bond acceptors (Lipinski definition) is 1. The maximum Gasteiger partial charge on any atom is 0.241 e. The van der Waals surface area contributed by atoms with E-state index in [0.717, 1.165) is 4.90 Å². The molecule has 0 N–H and O–H groups in total. The van der Waals surface area contributed by atoms with Crippen LogP contribution in [0, 0.1) is 0 Å². The molecule has 1 aromatic rings. The number of thioether (sulfide) groups is 1. The number of halogens is 3. The highest BCUT2D eigenvalue weighted by molar-refractivity contribution is 8.04. The molecule has 0 saturated heterocycles. The van der Waals surface area contributed by atoms with E-state index in [1.807, 2.05) is 18.2 Å². The Morgan fingerprint density at radius 1 is 1.14 bits per heavy atom. The summed E-state index contributed by atoms with van der Waals surface area (Å²) in [6.07, 6.45) is 0. The molecular weight excluding hydrogens is 259 g/mol. The van der Waals surface area contributed by atoms with Gasteiger partial charge in [-0.15, -0.1) is 0 Å². The molecule has 0 aliphatic heterocycles. The van der Waals surface area contributed by atoms with E-state index in [9.17, 15) is 0 Å². The van der Waals surface area contributed by atoms with Gasteiger partial charge in [0.25, 0.3) is 0 Å². The lowest BCUT2D eigenvalue weighted by atomic mass is 10.0. The molecule has 0 fully saturated rings. The topological polar surface area (TPSA) is 0 Å². The summed E-state index contributed by atoms with van der Waals surface area (Å²) < 4.78 is -1.29. The molecule has 14 heavy (non-hydrogen) atoms. The number of hydrogen-bond donors (Lipinski definition) is 0. The highest BCUT2D eigenvalue weighted by atomic mass is 35.6. The van der Waals surface area contributed by atoms with Gasteiger partial charge in [-0.1, -0.05) is 78.6 Å². The fourth-order valence-corrected chi connectivity index (χ4v) is 2.74. The first kappa shape index (κ1) is 12.5. The zero-order valence-electron chi connectivity index (χ0n) is 7.93. The van der Waals surface area contributed by atoms with Crippen LogP contribution >= 0.6 is 46.6 Å². The Labute approximate surface area is 104 Å². The lowest BCUT2D eigenvalue weighted by Crippen LogP contribution is -1.97.